The van der Waals surface area contributed by atoms with Gasteiger partial charge < -0.3 is 5.32 Å². The van der Waals surface area contributed by atoms with Crippen LogP contribution in [0.2, 0.25) is 0 Å². The largest absolute Gasteiger partial charge is 0.323 e. The molecular formula is C17H16N2O4S2. The zero-order chi connectivity index (χ0) is 18.2. The first-order chi connectivity index (χ1) is 11.9. The highest BCUT2D eigenvalue weighted by Gasteiger charge is 2.45. The number of carbonyl (C=O) groups is 2. The van der Waals surface area contributed by atoms with Crippen LogP contribution in [0.4, 0.5) is 5.69 Å². The first-order valence-corrected chi connectivity index (χ1v) is 10.2. The van der Waals surface area contributed by atoms with E-state index < -0.39 is 27.9 Å². The van der Waals surface area contributed by atoms with Crippen molar-refractivity contribution in [1.29, 1.82) is 0 Å². The van der Waals surface area contributed by atoms with Gasteiger partial charge in [0.15, 0.2) is 0 Å². The predicted molar refractivity (Wildman–Crippen MR) is 96.1 cm³/mol. The molecule has 8 heteroatoms. The van der Waals surface area contributed by atoms with E-state index in [9.17, 15) is 18.0 Å². The Balaban J connectivity index is 1.90. The average molecular weight is 376 g/mol. The van der Waals surface area contributed by atoms with Crippen LogP contribution in [0.15, 0.2) is 58.3 Å². The van der Waals surface area contributed by atoms with E-state index in [1.807, 2.05) is 18.4 Å². The minimum absolute atomic E-state index is 0.0656. The van der Waals surface area contributed by atoms with E-state index in [1.54, 1.807) is 24.3 Å². The van der Waals surface area contributed by atoms with Gasteiger partial charge in [0.25, 0.3) is 15.9 Å². The Morgan fingerprint density at radius 3 is 2.44 bits per heavy atom. The maximum absolute atomic E-state index is 12.6. The molecule has 2 aromatic carbocycles. The molecule has 3 rings (SSSR count). The number of sulfonamides is 1. The number of nitrogens with one attached hydrogen (secondary N) is 1. The van der Waals surface area contributed by atoms with Gasteiger partial charge in [0.1, 0.15) is 10.9 Å². The Morgan fingerprint density at radius 1 is 1.12 bits per heavy atom. The molecule has 0 aliphatic carbocycles. The van der Waals surface area contributed by atoms with Crippen LogP contribution in [-0.2, 0) is 14.8 Å². The standard InChI is InChI=1S/C17H16N2O4S2/c1-11(16(20)18-13-8-4-5-9-14(13)24-2)19-17(21)12-7-3-6-10-15(12)25(19,22)23/h3-11H,1-2H3,(H,18,20)/t11-/m0/s1. The quantitative estimate of drug-likeness (QED) is 0.829. The fourth-order valence-electron chi connectivity index (χ4n) is 2.68. The molecule has 0 saturated heterocycles. The van der Waals surface area contributed by atoms with Crippen molar-refractivity contribution in [3.05, 3.63) is 54.1 Å². The van der Waals surface area contributed by atoms with Crippen molar-refractivity contribution in [2.24, 2.45) is 0 Å². The lowest BCUT2D eigenvalue weighted by Gasteiger charge is -2.22. The Morgan fingerprint density at radius 2 is 1.76 bits per heavy atom. The summed E-state index contributed by atoms with van der Waals surface area (Å²) in [7, 11) is -4.03. The van der Waals surface area contributed by atoms with Crippen LogP contribution in [0.1, 0.15) is 17.3 Å². The number of hydrogen-bond acceptors (Lipinski definition) is 5. The third kappa shape index (κ3) is 2.91. The van der Waals surface area contributed by atoms with Crippen molar-refractivity contribution in [2.75, 3.05) is 11.6 Å². The maximum atomic E-state index is 12.6. The number of benzene rings is 2. The summed E-state index contributed by atoms with van der Waals surface area (Å²) >= 11 is 1.46. The number of carbonyl (C=O) groups excluding carboxylic acids is 2. The summed E-state index contributed by atoms with van der Waals surface area (Å²) in [5.41, 5.74) is 0.667. The number of rotatable bonds is 4. The van der Waals surface area contributed by atoms with Gasteiger partial charge in [0, 0.05) is 4.90 Å². The summed E-state index contributed by atoms with van der Waals surface area (Å²) in [4.78, 5) is 25.9. The Labute approximate surface area is 150 Å². The molecule has 1 N–H and O–H groups in total. The normalized spacial score (nSPS) is 16.4. The number of nitrogens with zero attached hydrogens (tertiary/aromatic N) is 1. The molecule has 0 aromatic heterocycles. The van der Waals surface area contributed by atoms with Crippen LogP contribution < -0.4 is 5.32 Å². The van der Waals surface area contributed by atoms with E-state index in [0.29, 0.717) is 9.99 Å². The number of amides is 2. The molecule has 0 bridgehead atoms. The molecule has 0 fully saturated rings. The number of fused-ring (bicyclic) bond motifs is 1. The molecule has 1 heterocycles. The smallest absolute Gasteiger partial charge is 0.269 e. The van der Waals surface area contributed by atoms with E-state index in [0.717, 1.165) is 4.90 Å². The molecule has 0 radical (unpaired) electrons. The third-order valence-corrected chi connectivity index (χ3v) is 6.66. The minimum Gasteiger partial charge on any atom is -0.323 e. The van der Waals surface area contributed by atoms with Crippen molar-refractivity contribution in [3.63, 3.8) is 0 Å². The summed E-state index contributed by atoms with van der Waals surface area (Å²) < 4.78 is 25.9. The second-order valence-electron chi connectivity index (χ2n) is 5.47. The molecule has 1 atom stereocenters. The maximum Gasteiger partial charge on any atom is 0.269 e. The van der Waals surface area contributed by atoms with Gasteiger partial charge in [-0.1, -0.05) is 24.3 Å². The summed E-state index contributed by atoms with van der Waals surface area (Å²) in [6, 6.07) is 12.0. The van der Waals surface area contributed by atoms with E-state index in [1.165, 1.54) is 30.8 Å². The van der Waals surface area contributed by atoms with E-state index in [2.05, 4.69) is 5.32 Å². The Bertz CT molecular complexity index is 957. The highest BCUT2D eigenvalue weighted by Crippen LogP contribution is 2.32. The zero-order valence-electron chi connectivity index (χ0n) is 13.6. The lowest BCUT2D eigenvalue weighted by molar-refractivity contribution is -0.118. The molecule has 1 aliphatic rings. The van der Waals surface area contributed by atoms with Gasteiger partial charge in [0.2, 0.25) is 5.91 Å². The van der Waals surface area contributed by atoms with E-state index in [4.69, 9.17) is 0 Å². The van der Waals surface area contributed by atoms with E-state index >= 15 is 0 Å². The Hall–Kier alpha value is -2.32. The molecule has 0 saturated carbocycles. The monoisotopic (exact) mass is 376 g/mol. The second-order valence-corrected chi connectivity index (χ2v) is 8.10. The average Bonchev–Trinajstić information content (AvgIpc) is 2.81. The van der Waals surface area contributed by atoms with Gasteiger partial charge in [-0.05, 0) is 37.4 Å². The summed E-state index contributed by atoms with van der Waals surface area (Å²) in [5, 5.41) is 2.71. The fourth-order valence-corrected chi connectivity index (χ4v) is 4.96. The molecule has 2 aromatic rings. The lowest BCUT2D eigenvalue weighted by Crippen LogP contribution is -2.45. The molecule has 25 heavy (non-hydrogen) atoms. The van der Waals surface area contributed by atoms with Crippen LogP contribution in [0.3, 0.4) is 0 Å². The molecule has 2 amide bonds. The van der Waals surface area contributed by atoms with Gasteiger partial charge in [-0.25, -0.2) is 12.7 Å². The first-order valence-electron chi connectivity index (χ1n) is 7.49. The SMILES string of the molecule is CSc1ccccc1NC(=O)[C@H](C)N1C(=O)c2ccccc2S1(=O)=O. The van der Waals surface area contributed by atoms with Crippen molar-refractivity contribution < 1.29 is 18.0 Å². The molecule has 130 valence electrons. The Kier molecular flexibility index (Phi) is 4.57. The number of anilines is 1. The molecule has 6 nitrogen and oxygen atoms in total. The van der Waals surface area contributed by atoms with Crippen LogP contribution in [0, 0.1) is 0 Å². The number of hydrogen-bond donors (Lipinski definition) is 1. The topological polar surface area (TPSA) is 83.6 Å². The highest BCUT2D eigenvalue weighted by molar-refractivity contribution is 7.98. The van der Waals surface area contributed by atoms with Crippen molar-refractivity contribution in [1.82, 2.24) is 4.31 Å². The molecule has 0 unspecified atom stereocenters. The summed E-state index contributed by atoms with van der Waals surface area (Å²) in [5.74, 6) is -1.25. The minimum atomic E-state index is -4.03. The van der Waals surface area contributed by atoms with Crippen LogP contribution in [0.5, 0.6) is 0 Å². The van der Waals surface area contributed by atoms with Crippen molar-refractivity contribution in [2.45, 2.75) is 22.8 Å². The zero-order valence-corrected chi connectivity index (χ0v) is 15.2. The number of para-hydroxylation sites is 1. The van der Waals surface area contributed by atoms with Crippen LogP contribution in [0.25, 0.3) is 0 Å². The van der Waals surface area contributed by atoms with Crippen molar-refractivity contribution in [3.8, 4) is 0 Å². The second kappa shape index (κ2) is 6.53. The predicted octanol–water partition coefficient (Wildman–Crippen LogP) is 2.58. The first kappa shape index (κ1) is 17.5. The van der Waals surface area contributed by atoms with E-state index in [-0.39, 0.29) is 10.5 Å². The number of thioether (sulfide) groups is 1. The van der Waals surface area contributed by atoms with Crippen LogP contribution in [-0.4, -0.2) is 36.8 Å². The van der Waals surface area contributed by atoms with Gasteiger partial charge in [-0.15, -0.1) is 11.8 Å². The summed E-state index contributed by atoms with van der Waals surface area (Å²) in [6.07, 6.45) is 1.87. The van der Waals surface area contributed by atoms with Gasteiger partial charge in [-0.2, -0.15) is 0 Å². The highest BCUT2D eigenvalue weighted by atomic mass is 32.2. The lowest BCUT2D eigenvalue weighted by atomic mass is 10.2. The molecule has 1 aliphatic heterocycles. The van der Waals surface area contributed by atoms with Gasteiger partial charge in [-0.3, -0.25) is 9.59 Å². The molecular weight excluding hydrogens is 360 g/mol. The van der Waals surface area contributed by atoms with Gasteiger partial charge in [0.05, 0.1) is 11.3 Å². The fraction of sp³-hybridized carbons (Fsp3) is 0.176. The van der Waals surface area contributed by atoms with Gasteiger partial charge >= 0.3 is 0 Å². The summed E-state index contributed by atoms with van der Waals surface area (Å²) in [6.45, 7) is 1.40. The third-order valence-electron chi connectivity index (χ3n) is 3.95. The van der Waals surface area contributed by atoms with Crippen LogP contribution >= 0.6 is 11.8 Å². The molecule has 0 spiro atoms. The van der Waals surface area contributed by atoms with Crippen molar-refractivity contribution >= 4 is 39.3 Å².